The number of benzene rings is 2. The Morgan fingerprint density at radius 2 is 1.71 bits per heavy atom. The maximum Gasteiger partial charge on any atom is 0.194 e. The monoisotopic (exact) mass is 440 g/mol. The second-order valence-electron chi connectivity index (χ2n) is 8.52. The minimum atomic E-state index is -2.08. The zero-order chi connectivity index (χ0) is 21.4. The van der Waals surface area contributed by atoms with Crippen LogP contribution in [0.2, 0.25) is 0 Å². The van der Waals surface area contributed by atoms with Crippen molar-refractivity contribution in [1.82, 2.24) is 15.1 Å². The van der Waals surface area contributed by atoms with E-state index in [0.717, 1.165) is 54.9 Å². The van der Waals surface area contributed by atoms with E-state index in [2.05, 4.69) is 15.1 Å². The first kappa shape index (κ1) is 20.5. The fraction of sp³-hybridized carbons (Fsp3) is 0.435. The summed E-state index contributed by atoms with van der Waals surface area (Å²) in [6.45, 7) is 4.60. The highest BCUT2D eigenvalue weighted by molar-refractivity contribution is 7.79. The number of aromatic hydroxyl groups is 1. The van der Waals surface area contributed by atoms with Crippen molar-refractivity contribution in [2.75, 3.05) is 32.7 Å². The van der Waals surface area contributed by atoms with Crippen molar-refractivity contribution >= 4 is 17.0 Å². The van der Waals surface area contributed by atoms with Gasteiger partial charge in [0.1, 0.15) is 5.75 Å². The average Bonchev–Trinajstić information content (AvgIpc) is 3.23. The van der Waals surface area contributed by atoms with Crippen LogP contribution < -0.4 is 5.32 Å². The van der Waals surface area contributed by atoms with E-state index in [-0.39, 0.29) is 11.8 Å². The van der Waals surface area contributed by atoms with E-state index in [4.69, 9.17) is 4.99 Å². The lowest BCUT2D eigenvalue weighted by atomic mass is 9.91. The summed E-state index contributed by atoms with van der Waals surface area (Å²) in [6, 6.07) is 13.1. The van der Waals surface area contributed by atoms with E-state index in [0.29, 0.717) is 11.4 Å². The third kappa shape index (κ3) is 4.20. The Labute approximate surface area is 185 Å². The lowest BCUT2D eigenvalue weighted by molar-refractivity contribution is 0.0845. The highest BCUT2D eigenvalue weighted by Crippen LogP contribution is 2.31. The second kappa shape index (κ2) is 8.61. The van der Waals surface area contributed by atoms with Crippen LogP contribution in [-0.4, -0.2) is 68.4 Å². The van der Waals surface area contributed by atoms with Gasteiger partial charge in [-0.05, 0) is 53.8 Å². The molecule has 0 aromatic heterocycles. The normalized spacial score (nSPS) is 23.2. The SMILES string of the molecule is O=S(O)c1ccc(-c2ccc(O)cc2)cc1C1CN=C(N2CCN(C3CCC3)CC2)N1. The number of nitrogens with one attached hydrogen (secondary N) is 1. The molecule has 31 heavy (non-hydrogen) atoms. The van der Waals surface area contributed by atoms with Gasteiger partial charge in [-0.3, -0.25) is 9.89 Å². The number of hydrogen-bond acceptors (Lipinski definition) is 6. The molecule has 2 aromatic carbocycles. The molecule has 2 aliphatic heterocycles. The molecule has 2 atom stereocenters. The zero-order valence-electron chi connectivity index (χ0n) is 17.4. The fourth-order valence-electron chi connectivity index (χ4n) is 4.66. The highest BCUT2D eigenvalue weighted by Gasteiger charge is 2.31. The molecular weight excluding hydrogens is 412 g/mol. The predicted molar refractivity (Wildman–Crippen MR) is 122 cm³/mol. The lowest BCUT2D eigenvalue weighted by Crippen LogP contribution is -2.55. The summed E-state index contributed by atoms with van der Waals surface area (Å²) >= 11 is -2.08. The Balaban J connectivity index is 1.31. The summed E-state index contributed by atoms with van der Waals surface area (Å²) in [4.78, 5) is 10.0. The van der Waals surface area contributed by atoms with Crippen molar-refractivity contribution < 1.29 is 13.9 Å². The summed E-state index contributed by atoms with van der Waals surface area (Å²) in [5.74, 6) is 1.10. The quantitative estimate of drug-likeness (QED) is 0.634. The van der Waals surface area contributed by atoms with Crippen molar-refractivity contribution in [2.24, 2.45) is 4.99 Å². The molecule has 0 spiro atoms. The van der Waals surface area contributed by atoms with E-state index in [1.165, 1.54) is 19.3 Å². The summed E-state index contributed by atoms with van der Waals surface area (Å²) in [6.07, 6.45) is 4.03. The number of piperazine rings is 1. The smallest absolute Gasteiger partial charge is 0.194 e. The van der Waals surface area contributed by atoms with E-state index < -0.39 is 11.1 Å². The molecule has 1 aliphatic carbocycles. The van der Waals surface area contributed by atoms with Gasteiger partial charge in [0.2, 0.25) is 0 Å². The summed E-state index contributed by atoms with van der Waals surface area (Å²) < 4.78 is 21.8. The molecule has 7 nitrogen and oxygen atoms in total. The van der Waals surface area contributed by atoms with Crippen LogP contribution in [0, 0.1) is 0 Å². The number of phenols is 1. The van der Waals surface area contributed by atoms with Gasteiger partial charge in [-0.25, -0.2) is 4.21 Å². The molecule has 1 saturated heterocycles. The van der Waals surface area contributed by atoms with Gasteiger partial charge in [-0.1, -0.05) is 24.6 Å². The maximum atomic E-state index is 12.0. The standard InChI is InChI=1S/C23H28N4O3S/c28-19-7-4-16(5-8-19)17-6-9-22(31(29)30)20(14-17)21-15-24-23(25-21)27-12-10-26(11-13-27)18-2-1-3-18/h4-9,14,18,21,28H,1-3,10-13,15H2,(H,24,25)(H,29,30). The molecule has 2 aromatic rings. The van der Waals surface area contributed by atoms with Gasteiger partial charge in [-0.2, -0.15) is 0 Å². The van der Waals surface area contributed by atoms with Crippen LogP contribution in [-0.2, 0) is 11.1 Å². The number of hydrogen-bond donors (Lipinski definition) is 3. The summed E-state index contributed by atoms with van der Waals surface area (Å²) in [5.41, 5.74) is 2.67. The average molecular weight is 441 g/mol. The molecule has 2 fully saturated rings. The molecule has 2 heterocycles. The van der Waals surface area contributed by atoms with Gasteiger partial charge >= 0.3 is 0 Å². The Hall–Kier alpha value is -2.42. The minimum Gasteiger partial charge on any atom is -0.508 e. The molecule has 0 bridgehead atoms. The van der Waals surface area contributed by atoms with E-state index in [9.17, 15) is 13.9 Å². The molecule has 8 heteroatoms. The van der Waals surface area contributed by atoms with Gasteiger partial charge < -0.3 is 19.9 Å². The van der Waals surface area contributed by atoms with Crippen molar-refractivity contribution in [2.45, 2.75) is 36.2 Å². The molecule has 0 amide bonds. The first-order chi connectivity index (χ1) is 15.1. The van der Waals surface area contributed by atoms with E-state index >= 15 is 0 Å². The van der Waals surface area contributed by atoms with Crippen LogP contribution in [0.4, 0.5) is 0 Å². The molecule has 2 unspecified atom stereocenters. The number of phenolic OH excluding ortho intramolecular Hbond substituents is 1. The third-order valence-electron chi connectivity index (χ3n) is 6.71. The molecule has 3 aliphatic rings. The van der Waals surface area contributed by atoms with Crippen molar-refractivity contribution in [3.63, 3.8) is 0 Å². The van der Waals surface area contributed by atoms with Gasteiger partial charge in [-0.15, -0.1) is 0 Å². The van der Waals surface area contributed by atoms with Gasteiger partial charge in [0.25, 0.3) is 0 Å². The molecular formula is C23H28N4O3S. The van der Waals surface area contributed by atoms with Crippen LogP contribution in [0.25, 0.3) is 11.1 Å². The summed E-state index contributed by atoms with van der Waals surface area (Å²) in [7, 11) is 0. The zero-order valence-corrected chi connectivity index (χ0v) is 18.2. The maximum absolute atomic E-state index is 12.0. The first-order valence-electron chi connectivity index (χ1n) is 10.9. The number of aliphatic imine (C=N–C) groups is 1. The first-order valence-corrected chi connectivity index (χ1v) is 12.0. The van der Waals surface area contributed by atoms with Crippen LogP contribution in [0.5, 0.6) is 5.75 Å². The number of guanidine groups is 1. The Bertz CT molecular complexity index is 998. The van der Waals surface area contributed by atoms with Crippen LogP contribution in [0.1, 0.15) is 30.9 Å². The van der Waals surface area contributed by atoms with Crippen molar-refractivity contribution in [1.29, 1.82) is 0 Å². The van der Waals surface area contributed by atoms with E-state index in [1.807, 2.05) is 24.3 Å². The minimum absolute atomic E-state index is 0.136. The Morgan fingerprint density at radius 3 is 2.35 bits per heavy atom. The van der Waals surface area contributed by atoms with Crippen LogP contribution in [0.3, 0.4) is 0 Å². The highest BCUT2D eigenvalue weighted by atomic mass is 32.2. The molecule has 3 N–H and O–H groups in total. The van der Waals surface area contributed by atoms with Crippen LogP contribution in [0.15, 0.2) is 52.4 Å². The second-order valence-corrected chi connectivity index (χ2v) is 9.46. The number of nitrogens with zero attached hydrogens (tertiary/aromatic N) is 3. The fourth-order valence-corrected chi connectivity index (χ4v) is 5.24. The van der Waals surface area contributed by atoms with Crippen molar-refractivity contribution in [3.05, 3.63) is 48.0 Å². The van der Waals surface area contributed by atoms with Crippen molar-refractivity contribution in [3.8, 4) is 16.9 Å². The Kier molecular flexibility index (Phi) is 5.69. The summed E-state index contributed by atoms with van der Waals surface area (Å²) in [5, 5.41) is 13.1. The third-order valence-corrected chi connectivity index (χ3v) is 7.45. The molecule has 5 rings (SSSR count). The Morgan fingerprint density at radius 1 is 1.00 bits per heavy atom. The molecule has 0 radical (unpaired) electrons. The van der Waals surface area contributed by atoms with Gasteiger partial charge in [0, 0.05) is 32.2 Å². The number of rotatable bonds is 4. The molecule has 164 valence electrons. The lowest BCUT2D eigenvalue weighted by Gasteiger charge is -2.43. The van der Waals surface area contributed by atoms with Gasteiger partial charge in [0.05, 0.1) is 17.5 Å². The van der Waals surface area contributed by atoms with Crippen LogP contribution >= 0.6 is 0 Å². The largest absolute Gasteiger partial charge is 0.508 e. The predicted octanol–water partition coefficient (Wildman–Crippen LogP) is 2.81. The van der Waals surface area contributed by atoms with Gasteiger partial charge in [0.15, 0.2) is 17.0 Å². The molecule has 1 saturated carbocycles. The van der Waals surface area contributed by atoms with E-state index in [1.54, 1.807) is 18.2 Å². The topological polar surface area (TPSA) is 88.4 Å².